The number of nitrogens with zero attached hydrogens (tertiary/aromatic N) is 2. The van der Waals surface area contributed by atoms with Crippen molar-refractivity contribution in [3.05, 3.63) is 50.6 Å². The van der Waals surface area contributed by atoms with Crippen molar-refractivity contribution in [1.82, 2.24) is 14.9 Å². The summed E-state index contributed by atoms with van der Waals surface area (Å²) in [6.07, 6.45) is 0.00579. The lowest BCUT2D eigenvalue weighted by atomic mass is 9.86. The first-order valence-electron chi connectivity index (χ1n) is 11.7. The van der Waals surface area contributed by atoms with Crippen molar-refractivity contribution in [1.29, 1.82) is 0 Å². The Balaban J connectivity index is 1.67. The van der Waals surface area contributed by atoms with E-state index in [9.17, 15) is 29.0 Å². The number of esters is 1. The minimum absolute atomic E-state index is 0.00579. The van der Waals surface area contributed by atoms with Crippen LogP contribution in [0.2, 0.25) is 0 Å². The molecule has 3 N–H and O–H groups in total. The largest absolute Gasteiger partial charge is 0.492 e. The number of rotatable bonds is 4. The number of methoxy groups -OCH3 is 1. The Kier molecular flexibility index (Phi) is 5.34. The van der Waals surface area contributed by atoms with E-state index in [0.29, 0.717) is 44.1 Å². The highest BCUT2D eigenvalue weighted by molar-refractivity contribution is 7.99. The van der Waals surface area contributed by atoms with Crippen LogP contribution in [-0.2, 0) is 33.1 Å². The van der Waals surface area contributed by atoms with E-state index in [1.807, 2.05) is 0 Å². The SMILES string of the molecule is CC[C@@]1(O)C(=O)OCc2c1cc1n(c2=O)Cc2c-1nc1cc(F)c(OC)c3c1c2[C@H](NC(=O)CO)CS3. The molecular weight excluding hydrogens is 505 g/mol. The Morgan fingerprint density at radius 3 is 2.86 bits per heavy atom. The summed E-state index contributed by atoms with van der Waals surface area (Å²) in [5, 5.41) is 23.9. The first kappa shape index (κ1) is 23.9. The van der Waals surface area contributed by atoms with Crippen molar-refractivity contribution in [3.8, 4) is 17.1 Å². The number of thioether (sulfide) groups is 1. The number of aliphatic hydroxyl groups excluding tert-OH is 1. The quantitative estimate of drug-likeness (QED) is 0.337. The maximum absolute atomic E-state index is 15.0. The van der Waals surface area contributed by atoms with Gasteiger partial charge in [0.15, 0.2) is 17.2 Å². The van der Waals surface area contributed by atoms with Gasteiger partial charge in [-0.1, -0.05) is 6.92 Å². The topological polar surface area (TPSA) is 140 Å². The minimum atomic E-state index is -1.98. The number of aromatic nitrogens is 2. The first-order chi connectivity index (χ1) is 17.7. The average Bonchev–Trinajstić information content (AvgIpc) is 3.26. The molecule has 0 unspecified atom stereocenters. The number of pyridine rings is 2. The van der Waals surface area contributed by atoms with Crippen molar-refractivity contribution in [2.45, 2.75) is 43.0 Å². The molecule has 1 aromatic carbocycles. The molecule has 12 heteroatoms. The van der Waals surface area contributed by atoms with Crippen LogP contribution in [0.5, 0.6) is 5.75 Å². The summed E-state index contributed by atoms with van der Waals surface area (Å²) in [5.74, 6) is -1.59. The van der Waals surface area contributed by atoms with Crippen molar-refractivity contribution in [2.24, 2.45) is 0 Å². The monoisotopic (exact) mass is 527 g/mol. The maximum Gasteiger partial charge on any atom is 0.343 e. The fourth-order valence-corrected chi connectivity index (χ4v) is 6.76. The maximum atomic E-state index is 15.0. The van der Waals surface area contributed by atoms with Gasteiger partial charge in [0.05, 0.1) is 47.1 Å². The summed E-state index contributed by atoms with van der Waals surface area (Å²) in [7, 11) is 1.37. The Hall–Kier alpha value is -3.48. The molecule has 3 aliphatic heterocycles. The molecule has 0 radical (unpaired) electrons. The van der Waals surface area contributed by atoms with Crippen molar-refractivity contribution in [3.63, 3.8) is 0 Å². The zero-order valence-electron chi connectivity index (χ0n) is 19.9. The highest BCUT2D eigenvalue weighted by Gasteiger charge is 2.46. The fraction of sp³-hybridized carbons (Fsp3) is 0.360. The molecule has 2 atom stereocenters. The second-order valence-electron chi connectivity index (χ2n) is 9.16. The summed E-state index contributed by atoms with van der Waals surface area (Å²) in [5.41, 5.74) is 0.350. The van der Waals surface area contributed by atoms with Crippen LogP contribution in [-0.4, -0.2) is 51.1 Å². The Labute approximate surface area is 213 Å². The molecule has 0 saturated heterocycles. The van der Waals surface area contributed by atoms with Gasteiger partial charge in [-0.3, -0.25) is 9.59 Å². The van der Waals surface area contributed by atoms with Crippen LogP contribution in [0.3, 0.4) is 0 Å². The third kappa shape index (κ3) is 3.19. The lowest BCUT2D eigenvalue weighted by Gasteiger charge is -2.31. The fourth-order valence-electron chi connectivity index (χ4n) is 5.51. The van der Waals surface area contributed by atoms with Gasteiger partial charge in [-0.15, -0.1) is 11.8 Å². The number of carbonyl (C=O) groups is 2. The summed E-state index contributed by atoms with van der Waals surface area (Å²) < 4.78 is 26.9. The van der Waals surface area contributed by atoms with Gasteiger partial charge >= 0.3 is 5.97 Å². The molecule has 37 heavy (non-hydrogen) atoms. The molecular formula is C25H22FN3O7S. The van der Waals surface area contributed by atoms with E-state index < -0.39 is 41.5 Å². The average molecular weight is 528 g/mol. The van der Waals surface area contributed by atoms with Gasteiger partial charge in [0.1, 0.15) is 13.2 Å². The normalized spacial score (nSPS) is 21.2. The van der Waals surface area contributed by atoms with Gasteiger partial charge in [-0.25, -0.2) is 14.2 Å². The predicted molar refractivity (Wildman–Crippen MR) is 130 cm³/mol. The van der Waals surface area contributed by atoms with Crippen molar-refractivity contribution in [2.75, 3.05) is 19.5 Å². The van der Waals surface area contributed by atoms with Gasteiger partial charge < -0.3 is 29.6 Å². The third-order valence-corrected chi connectivity index (χ3v) is 8.49. The number of nitrogens with one attached hydrogen (secondary N) is 1. The number of amides is 1. The predicted octanol–water partition coefficient (Wildman–Crippen LogP) is 1.48. The van der Waals surface area contributed by atoms with Gasteiger partial charge in [-0.05, 0) is 18.1 Å². The van der Waals surface area contributed by atoms with E-state index in [-0.39, 0.29) is 36.4 Å². The van der Waals surface area contributed by atoms with E-state index in [4.69, 9.17) is 14.5 Å². The van der Waals surface area contributed by atoms with Gasteiger partial charge in [0.2, 0.25) is 5.91 Å². The number of cyclic esters (lactones) is 1. The van der Waals surface area contributed by atoms with E-state index >= 15 is 0 Å². The van der Waals surface area contributed by atoms with E-state index in [1.165, 1.54) is 29.5 Å². The molecule has 2 aromatic heterocycles. The summed E-state index contributed by atoms with van der Waals surface area (Å²) >= 11 is 1.31. The van der Waals surface area contributed by atoms with E-state index in [2.05, 4.69) is 5.32 Å². The van der Waals surface area contributed by atoms with Crippen LogP contribution < -0.4 is 15.6 Å². The second kappa shape index (κ2) is 8.27. The molecule has 0 spiro atoms. The highest BCUT2D eigenvalue weighted by atomic mass is 32.2. The molecule has 0 fully saturated rings. The minimum Gasteiger partial charge on any atom is -0.492 e. The zero-order valence-corrected chi connectivity index (χ0v) is 20.7. The number of benzene rings is 1. The lowest BCUT2D eigenvalue weighted by molar-refractivity contribution is -0.172. The molecule has 0 aliphatic carbocycles. The van der Waals surface area contributed by atoms with Crippen LogP contribution in [0.25, 0.3) is 22.3 Å². The summed E-state index contributed by atoms with van der Waals surface area (Å²) in [6.45, 7) is 0.775. The smallest absolute Gasteiger partial charge is 0.343 e. The first-order valence-corrected chi connectivity index (χ1v) is 12.6. The Morgan fingerprint density at radius 2 is 2.16 bits per heavy atom. The van der Waals surface area contributed by atoms with Gasteiger partial charge in [-0.2, -0.15) is 0 Å². The van der Waals surface area contributed by atoms with Gasteiger partial charge in [0, 0.05) is 28.3 Å². The molecule has 10 nitrogen and oxygen atoms in total. The number of fused-ring (bicyclic) bond motifs is 5. The Bertz CT molecular complexity index is 1600. The van der Waals surface area contributed by atoms with Crippen molar-refractivity contribution >= 4 is 34.5 Å². The highest BCUT2D eigenvalue weighted by Crippen LogP contribution is 2.50. The van der Waals surface area contributed by atoms with Crippen LogP contribution in [0, 0.1) is 5.82 Å². The molecule has 6 rings (SSSR count). The number of halogens is 1. The number of hydrogen-bond donors (Lipinski definition) is 3. The van der Waals surface area contributed by atoms with Crippen LogP contribution in [0.15, 0.2) is 21.8 Å². The molecule has 5 heterocycles. The second-order valence-corrected chi connectivity index (χ2v) is 10.2. The Morgan fingerprint density at radius 1 is 1.38 bits per heavy atom. The molecule has 3 aromatic rings. The zero-order chi connectivity index (χ0) is 26.2. The summed E-state index contributed by atoms with van der Waals surface area (Å²) in [4.78, 5) is 43.4. The molecule has 1 amide bonds. The van der Waals surface area contributed by atoms with E-state index in [0.717, 1.165) is 0 Å². The van der Waals surface area contributed by atoms with Gasteiger partial charge in [0.25, 0.3) is 5.56 Å². The molecule has 192 valence electrons. The number of ether oxygens (including phenoxy) is 2. The molecule has 0 bridgehead atoms. The third-order valence-electron chi connectivity index (χ3n) is 7.31. The van der Waals surface area contributed by atoms with E-state index in [1.54, 1.807) is 13.0 Å². The lowest BCUT2D eigenvalue weighted by Crippen LogP contribution is -2.44. The summed E-state index contributed by atoms with van der Waals surface area (Å²) in [6, 6.07) is 2.28. The number of aliphatic hydroxyl groups is 2. The number of carbonyl (C=O) groups excluding carboxylic acids is 2. The van der Waals surface area contributed by atoms with Crippen LogP contribution in [0.4, 0.5) is 4.39 Å². The standard InChI is InChI=1S/C25H22FN3O7S/c1-3-25(34)12-4-16-20-10(6-29(16)23(32)11(12)8-36-24(25)33)18-15(27-17(31)7-30)9-37-22-19(18)14(28-20)5-13(26)21(22)35-2/h4-5,15,30,34H,3,6-9H2,1-2H3,(H,27,31)/t15-,25+/m1/s1. The molecule has 3 aliphatic rings. The molecule has 0 saturated carbocycles. The van der Waals surface area contributed by atoms with Crippen molar-refractivity contribution < 1.29 is 33.7 Å². The number of hydrogen-bond acceptors (Lipinski definition) is 9. The van der Waals surface area contributed by atoms with Crippen LogP contribution in [0.1, 0.15) is 41.6 Å². The van der Waals surface area contributed by atoms with Crippen LogP contribution >= 0.6 is 11.8 Å².